The van der Waals surface area contributed by atoms with Crippen LogP contribution in [0.2, 0.25) is 0 Å². The Bertz CT molecular complexity index is 1150. The first-order valence-corrected chi connectivity index (χ1v) is 12.9. The normalized spacial score (nSPS) is 21.9. The summed E-state index contributed by atoms with van der Waals surface area (Å²) in [5.74, 6) is 0.448. The average molecular weight is 489 g/mol. The van der Waals surface area contributed by atoms with Gasteiger partial charge in [-0.2, -0.15) is 0 Å². The van der Waals surface area contributed by atoms with Crippen molar-refractivity contribution in [2.24, 2.45) is 17.6 Å². The molecule has 2 unspecified atom stereocenters. The van der Waals surface area contributed by atoms with E-state index < -0.39 is 5.92 Å². The lowest BCUT2D eigenvalue weighted by atomic mass is 9.87. The van der Waals surface area contributed by atoms with Crippen LogP contribution >= 0.6 is 0 Å². The molecule has 3 amide bonds. The highest BCUT2D eigenvalue weighted by Crippen LogP contribution is 2.51. The van der Waals surface area contributed by atoms with Crippen LogP contribution in [0, 0.1) is 11.8 Å². The number of nitrogens with two attached hydrogens (primary N) is 1. The Morgan fingerprint density at radius 1 is 1.03 bits per heavy atom. The topological polar surface area (TPSA) is 87.9 Å². The fraction of sp³-hybridized carbons (Fsp3) is 0.448. The molecule has 3 N–H and O–H groups in total. The van der Waals surface area contributed by atoms with Gasteiger partial charge in [0.15, 0.2) is 0 Å². The maximum absolute atomic E-state index is 12.9. The van der Waals surface area contributed by atoms with Gasteiger partial charge in [-0.15, -0.1) is 0 Å². The number of amides is 3. The molecule has 2 fully saturated rings. The zero-order chi connectivity index (χ0) is 25.4. The molecule has 2 aliphatic heterocycles. The predicted octanol–water partition coefficient (Wildman–Crippen LogP) is 4.00. The number of urea groups is 1. The van der Waals surface area contributed by atoms with Crippen LogP contribution in [-0.2, 0) is 11.4 Å². The maximum atomic E-state index is 12.9. The minimum atomic E-state index is -0.457. The van der Waals surface area contributed by atoms with Crippen LogP contribution in [0.25, 0.3) is 5.57 Å². The molecule has 1 saturated heterocycles. The van der Waals surface area contributed by atoms with Crippen LogP contribution in [0.3, 0.4) is 0 Å². The summed E-state index contributed by atoms with van der Waals surface area (Å²) in [5, 5.41) is 3.06. The summed E-state index contributed by atoms with van der Waals surface area (Å²) < 4.78 is 5.98. The summed E-state index contributed by atoms with van der Waals surface area (Å²) in [5.41, 5.74) is 10.1. The van der Waals surface area contributed by atoms with Gasteiger partial charge in [0, 0.05) is 30.9 Å². The van der Waals surface area contributed by atoms with Gasteiger partial charge in [0.1, 0.15) is 12.4 Å². The number of fused-ring (bicyclic) bond motifs is 1. The molecule has 2 aromatic carbocycles. The van der Waals surface area contributed by atoms with E-state index in [1.165, 1.54) is 5.70 Å². The molecule has 7 nitrogen and oxygen atoms in total. The van der Waals surface area contributed by atoms with E-state index in [1.807, 2.05) is 80.3 Å². The number of nitrogens with zero attached hydrogens (tertiary/aromatic N) is 2. The lowest BCUT2D eigenvalue weighted by Crippen LogP contribution is -2.59. The molecule has 7 heteroatoms. The van der Waals surface area contributed by atoms with Crippen molar-refractivity contribution in [3.63, 3.8) is 0 Å². The fourth-order valence-corrected chi connectivity index (χ4v) is 5.43. The monoisotopic (exact) mass is 488 g/mol. The van der Waals surface area contributed by atoms with Crippen molar-refractivity contribution in [2.75, 3.05) is 19.6 Å². The van der Waals surface area contributed by atoms with Crippen molar-refractivity contribution in [1.29, 1.82) is 0 Å². The minimum absolute atomic E-state index is 0.0910. The molecular formula is C29H36N4O3. The van der Waals surface area contributed by atoms with Crippen molar-refractivity contribution < 1.29 is 14.3 Å². The molecule has 1 saturated carbocycles. The van der Waals surface area contributed by atoms with Gasteiger partial charge in [0.05, 0.1) is 12.0 Å². The van der Waals surface area contributed by atoms with Gasteiger partial charge in [-0.1, -0.05) is 42.5 Å². The molecule has 1 aliphatic carbocycles. The quantitative estimate of drug-likeness (QED) is 0.644. The number of allylic oxidation sites excluding steroid dienone is 1. The Morgan fingerprint density at radius 2 is 1.72 bits per heavy atom. The largest absolute Gasteiger partial charge is 0.489 e. The number of piperazine rings is 1. The van der Waals surface area contributed by atoms with Crippen LogP contribution in [0.4, 0.5) is 4.79 Å². The Balaban J connectivity index is 1.39. The Kier molecular flexibility index (Phi) is 6.41. The van der Waals surface area contributed by atoms with Gasteiger partial charge >= 0.3 is 6.03 Å². The van der Waals surface area contributed by atoms with Gasteiger partial charge in [0.25, 0.3) is 0 Å². The van der Waals surface area contributed by atoms with Crippen molar-refractivity contribution in [2.45, 2.75) is 51.8 Å². The lowest BCUT2D eigenvalue weighted by Gasteiger charge is -2.42. The third-order valence-electron chi connectivity index (χ3n) is 7.15. The molecule has 0 radical (unpaired) electrons. The van der Waals surface area contributed by atoms with Gasteiger partial charge in [-0.05, 0) is 68.4 Å². The molecule has 190 valence electrons. The second kappa shape index (κ2) is 9.52. The molecule has 3 aliphatic rings. The molecule has 0 aromatic heterocycles. The molecule has 2 aromatic rings. The van der Waals surface area contributed by atoms with E-state index in [1.54, 1.807) is 0 Å². The maximum Gasteiger partial charge on any atom is 0.317 e. The van der Waals surface area contributed by atoms with Crippen LogP contribution in [-0.4, -0.2) is 53.0 Å². The predicted molar refractivity (Wildman–Crippen MR) is 140 cm³/mol. The number of rotatable bonds is 6. The molecule has 2 heterocycles. The zero-order valence-corrected chi connectivity index (χ0v) is 21.4. The molecule has 0 bridgehead atoms. The fourth-order valence-electron chi connectivity index (χ4n) is 5.43. The van der Waals surface area contributed by atoms with Crippen LogP contribution in [0.15, 0.2) is 60.3 Å². The molecule has 2 atom stereocenters. The van der Waals surface area contributed by atoms with Crippen molar-refractivity contribution in [3.8, 4) is 5.75 Å². The van der Waals surface area contributed by atoms with Crippen LogP contribution in [0.1, 0.15) is 44.7 Å². The lowest BCUT2D eigenvalue weighted by molar-refractivity contribution is -0.121. The van der Waals surface area contributed by atoms with E-state index in [2.05, 4.69) is 10.2 Å². The highest BCUT2D eigenvalue weighted by atomic mass is 16.5. The number of carbonyl (C=O) groups excluding carboxylic acids is 2. The minimum Gasteiger partial charge on any atom is -0.489 e. The Hall–Kier alpha value is -3.48. The molecule has 0 spiro atoms. The first-order valence-electron chi connectivity index (χ1n) is 12.9. The van der Waals surface area contributed by atoms with E-state index in [4.69, 9.17) is 10.5 Å². The van der Waals surface area contributed by atoms with Gasteiger partial charge in [-0.25, -0.2) is 4.79 Å². The third-order valence-corrected chi connectivity index (χ3v) is 7.15. The third kappa shape index (κ3) is 5.06. The molecular weight excluding hydrogens is 452 g/mol. The summed E-state index contributed by atoms with van der Waals surface area (Å²) in [6.45, 7) is 8.23. The number of ether oxygens (including phenoxy) is 1. The first kappa shape index (κ1) is 24.2. The zero-order valence-electron chi connectivity index (χ0n) is 21.4. The van der Waals surface area contributed by atoms with E-state index in [9.17, 15) is 9.59 Å². The summed E-state index contributed by atoms with van der Waals surface area (Å²) in [6.07, 6.45) is 2.25. The number of hydrogen-bond donors (Lipinski definition) is 2. The highest BCUT2D eigenvalue weighted by molar-refractivity contribution is 5.94. The van der Waals surface area contributed by atoms with Crippen LogP contribution < -0.4 is 15.8 Å². The number of benzene rings is 2. The second-order valence-corrected chi connectivity index (χ2v) is 11.1. The summed E-state index contributed by atoms with van der Waals surface area (Å²) in [6, 6.07) is 17.9. The molecule has 36 heavy (non-hydrogen) atoms. The van der Waals surface area contributed by atoms with Gasteiger partial charge in [-0.3, -0.25) is 4.79 Å². The molecule has 5 rings (SSSR count). The van der Waals surface area contributed by atoms with Crippen molar-refractivity contribution in [3.05, 3.63) is 71.4 Å². The second-order valence-electron chi connectivity index (χ2n) is 11.1. The van der Waals surface area contributed by atoms with E-state index in [-0.39, 0.29) is 23.5 Å². The first-order chi connectivity index (χ1) is 17.2. The Morgan fingerprint density at radius 3 is 2.33 bits per heavy atom. The standard InChI is InChI=1S/C29H36N4O3/c1-29(2,3)31-28(35)32-15-16-33-23(17-32)25(27(30)34)24(26(33)21-9-10-21)20-11-13-22(14-12-20)36-18-19-7-5-4-6-8-19/h4-8,11-14,21,23,25H,9-10,15-18H2,1-3H3,(H2,30,34)(H,31,35). The van der Waals surface area contributed by atoms with Crippen molar-refractivity contribution >= 4 is 17.5 Å². The Labute approximate surface area is 213 Å². The number of primary amides is 1. The van der Waals surface area contributed by atoms with Gasteiger partial charge < -0.3 is 25.6 Å². The average Bonchev–Trinajstić information content (AvgIpc) is 3.62. The number of hydrogen-bond acceptors (Lipinski definition) is 4. The van der Waals surface area contributed by atoms with E-state index >= 15 is 0 Å². The van der Waals surface area contributed by atoms with Gasteiger partial charge in [0.2, 0.25) is 5.91 Å². The smallest absolute Gasteiger partial charge is 0.317 e. The summed E-state index contributed by atoms with van der Waals surface area (Å²) in [4.78, 5) is 30.0. The number of carbonyl (C=O) groups is 2. The highest BCUT2D eigenvalue weighted by Gasteiger charge is 2.50. The van der Waals surface area contributed by atoms with Crippen LogP contribution in [0.5, 0.6) is 5.75 Å². The van der Waals surface area contributed by atoms with Crippen molar-refractivity contribution in [1.82, 2.24) is 15.1 Å². The van der Waals surface area contributed by atoms with E-state index in [0.29, 0.717) is 32.2 Å². The summed E-state index contributed by atoms with van der Waals surface area (Å²) >= 11 is 0. The SMILES string of the molecule is CC(C)(C)NC(=O)N1CCN2C(C3CC3)=C(c3ccc(OCc4ccccc4)cc3)C(C(N)=O)C2C1. The number of nitrogens with one attached hydrogen (secondary N) is 1. The summed E-state index contributed by atoms with van der Waals surface area (Å²) in [7, 11) is 0. The van der Waals surface area contributed by atoms with E-state index in [0.717, 1.165) is 35.3 Å².